The molecule has 0 saturated carbocycles. The number of esters is 1. The van der Waals surface area contributed by atoms with Crippen molar-refractivity contribution in [3.63, 3.8) is 0 Å². The molecule has 5 heterocycles. The molecule has 0 unspecified atom stereocenters. The molecule has 3 aromatic rings. The summed E-state index contributed by atoms with van der Waals surface area (Å²) in [4.78, 5) is 51.0. The van der Waals surface area contributed by atoms with Gasteiger partial charge >= 0.3 is 5.97 Å². The molecule has 0 aromatic carbocycles. The summed E-state index contributed by atoms with van der Waals surface area (Å²) in [6.07, 6.45) is 6.55. The van der Waals surface area contributed by atoms with Gasteiger partial charge < -0.3 is 24.3 Å². The Morgan fingerprint density at radius 3 is 2.34 bits per heavy atom. The number of H-pyrrole nitrogens is 1. The van der Waals surface area contributed by atoms with E-state index in [-0.39, 0.29) is 35.9 Å². The number of hydrogen-bond donors (Lipinski definition) is 1. The first-order chi connectivity index (χ1) is 22.7. The van der Waals surface area contributed by atoms with Crippen molar-refractivity contribution in [2.75, 3.05) is 62.3 Å². The zero-order valence-corrected chi connectivity index (χ0v) is 30.2. The minimum absolute atomic E-state index is 0.0174. The third-order valence-electron chi connectivity index (χ3n) is 9.18. The highest BCUT2D eigenvalue weighted by atomic mass is 35.5. The topological polar surface area (TPSA) is 117 Å². The van der Waals surface area contributed by atoms with E-state index in [2.05, 4.69) is 33.5 Å². The second-order valence-electron chi connectivity index (χ2n) is 12.0. The first kappa shape index (κ1) is 35.5. The van der Waals surface area contributed by atoms with Crippen molar-refractivity contribution in [1.29, 1.82) is 0 Å². The summed E-state index contributed by atoms with van der Waals surface area (Å²) < 4.78 is 11.6. The molecule has 2 fully saturated rings. The van der Waals surface area contributed by atoms with Crippen molar-refractivity contribution in [2.24, 2.45) is 5.92 Å². The van der Waals surface area contributed by atoms with Gasteiger partial charge in [0.15, 0.2) is 10.9 Å². The Morgan fingerprint density at radius 2 is 1.74 bits per heavy atom. The fraction of sp³-hybridized carbons (Fsp3) is 0.606. The van der Waals surface area contributed by atoms with Crippen molar-refractivity contribution in [2.45, 2.75) is 72.4 Å². The molecule has 47 heavy (non-hydrogen) atoms. The number of aryl methyl sites for hydroxylation is 1. The number of nitrogens with one attached hydrogen (secondary N) is 1. The molecule has 0 bridgehead atoms. The highest BCUT2D eigenvalue weighted by Gasteiger charge is 2.35. The Hall–Kier alpha value is -2.77. The van der Waals surface area contributed by atoms with Crippen LogP contribution in [-0.2, 0) is 9.47 Å². The number of piperazine rings is 1. The summed E-state index contributed by atoms with van der Waals surface area (Å²) in [5.41, 5.74) is 1.99. The van der Waals surface area contributed by atoms with Crippen LogP contribution in [0.15, 0.2) is 12.4 Å². The Bertz CT molecular complexity index is 1520. The molecule has 3 aromatic heterocycles. The monoisotopic (exact) mass is 705 g/mol. The molecule has 2 aliphatic rings. The van der Waals surface area contributed by atoms with Crippen molar-refractivity contribution in [3.05, 3.63) is 38.7 Å². The van der Waals surface area contributed by atoms with Gasteiger partial charge in [-0.1, -0.05) is 48.4 Å². The number of halogens is 2. The SMILES string of the molecule is CCOC(=O)c1sc(N2CC[C@@H](CC(=O)c3[nH]c(C)c(Cl)c3Cl)[C@@H](OCC)C2)nc1-c1cnc(N2CCN(C(CC)CC)CC2)cn1. The lowest BCUT2D eigenvalue weighted by Crippen LogP contribution is -2.50. The van der Waals surface area contributed by atoms with Crippen molar-refractivity contribution in [1.82, 2.24) is 24.8 Å². The van der Waals surface area contributed by atoms with E-state index in [0.717, 1.165) is 44.8 Å². The van der Waals surface area contributed by atoms with Gasteiger partial charge in [0.25, 0.3) is 0 Å². The zero-order valence-electron chi connectivity index (χ0n) is 27.9. The third kappa shape index (κ3) is 7.94. The number of anilines is 2. The van der Waals surface area contributed by atoms with E-state index >= 15 is 0 Å². The second-order valence-corrected chi connectivity index (χ2v) is 13.8. The normalized spacial score (nSPS) is 19.1. The third-order valence-corrected chi connectivity index (χ3v) is 11.2. The fourth-order valence-corrected chi connectivity index (χ4v) is 8.00. The van der Waals surface area contributed by atoms with Crippen LogP contribution in [0.1, 0.15) is 79.2 Å². The Balaban J connectivity index is 1.31. The molecule has 2 aliphatic heterocycles. The number of aromatic amines is 1. The Labute approximate surface area is 291 Å². The van der Waals surface area contributed by atoms with Crippen LogP contribution in [0.4, 0.5) is 10.9 Å². The van der Waals surface area contributed by atoms with Crippen molar-refractivity contribution in [3.8, 4) is 11.4 Å². The quantitative estimate of drug-likeness (QED) is 0.155. The number of ketones is 1. The van der Waals surface area contributed by atoms with Gasteiger partial charge in [-0.05, 0) is 46.0 Å². The minimum Gasteiger partial charge on any atom is -0.462 e. The maximum atomic E-state index is 13.2. The first-order valence-corrected chi connectivity index (χ1v) is 18.2. The predicted molar refractivity (Wildman–Crippen MR) is 187 cm³/mol. The van der Waals surface area contributed by atoms with Gasteiger partial charge in [0.05, 0.1) is 35.1 Å². The first-order valence-electron chi connectivity index (χ1n) is 16.6. The Kier molecular flexibility index (Phi) is 12.2. The van der Waals surface area contributed by atoms with E-state index < -0.39 is 5.97 Å². The lowest BCUT2D eigenvalue weighted by molar-refractivity contribution is 0.0103. The van der Waals surface area contributed by atoms with E-state index in [1.807, 2.05) is 6.92 Å². The maximum Gasteiger partial charge on any atom is 0.350 e. The number of thiazole rings is 1. The lowest BCUT2D eigenvalue weighted by Gasteiger charge is -2.39. The molecule has 0 aliphatic carbocycles. The molecule has 14 heteroatoms. The highest BCUT2D eigenvalue weighted by Crippen LogP contribution is 2.37. The zero-order chi connectivity index (χ0) is 33.7. The number of carbonyl (C=O) groups is 2. The van der Waals surface area contributed by atoms with E-state index in [1.54, 1.807) is 26.2 Å². The average molecular weight is 707 g/mol. The van der Waals surface area contributed by atoms with Crippen LogP contribution in [0.2, 0.25) is 10.0 Å². The summed E-state index contributed by atoms with van der Waals surface area (Å²) >= 11 is 13.8. The fourth-order valence-electron chi connectivity index (χ4n) is 6.56. The summed E-state index contributed by atoms with van der Waals surface area (Å²) in [6.45, 7) is 15.7. The summed E-state index contributed by atoms with van der Waals surface area (Å²) in [6, 6.07) is 0.621. The number of hydrogen-bond acceptors (Lipinski definition) is 11. The molecule has 11 nitrogen and oxygen atoms in total. The largest absolute Gasteiger partial charge is 0.462 e. The van der Waals surface area contributed by atoms with E-state index in [1.165, 1.54) is 11.3 Å². The number of piperidine rings is 1. The molecule has 0 spiro atoms. The summed E-state index contributed by atoms with van der Waals surface area (Å²) in [5, 5.41) is 1.31. The van der Waals surface area contributed by atoms with Crippen LogP contribution in [0.25, 0.3) is 11.4 Å². The van der Waals surface area contributed by atoms with Crippen LogP contribution < -0.4 is 9.80 Å². The van der Waals surface area contributed by atoms with Crippen LogP contribution in [0.3, 0.4) is 0 Å². The minimum atomic E-state index is -0.437. The number of Topliss-reactive ketones (excluding diaryl/α,β-unsaturated/α-hetero) is 1. The molecular weight excluding hydrogens is 661 g/mol. The average Bonchev–Trinajstić information content (AvgIpc) is 3.64. The maximum absolute atomic E-state index is 13.2. The van der Waals surface area contributed by atoms with Gasteiger partial charge in [-0.15, -0.1) is 0 Å². The van der Waals surface area contributed by atoms with Crippen molar-refractivity contribution < 1.29 is 19.1 Å². The van der Waals surface area contributed by atoms with Gasteiger partial charge in [0, 0.05) is 64.0 Å². The van der Waals surface area contributed by atoms with E-state index in [9.17, 15) is 9.59 Å². The van der Waals surface area contributed by atoms with Gasteiger partial charge in [-0.3, -0.25) is 9.69 Å². The van der Waals surface area contributed by atoms with Gasteiger partial charge in [-0.25, -0.2) is 19.7 Å². The molecule has 256 valence electrons. The number of rotatable bonds is 13. The number of aromatic nitrogens is 4. The molecule has 0 radical (unpaired) electrons. The van der Waals surface area contributed by atoms with E-state index in [0.29, 0.717) is 70.0 Å². The summed E-state index contributed by atoms with van der Waals surface area (Å²) in [7, 11) is 0. The highest BCUT2D eigenvalue weighted by molar-refractivity contribution is 7.17. The van der Waals surface area contributed by atoms with Crippen molar-refractivity contribution >= 4 is 57.2 Å². The number of nitrogens with zero attached hydrogens (tertiary/aromatic N) is 6. The summed E-state index contributed by atoms with van der Waals surface area (Å²) in [5.74, 6) is 0.272. The number of carbonyl (C=O) groups excluding carboxylic acids is 2. The van der Waals surface area contributed by atoms with Gasteiger partial charge in [0.1, 0.15) is 27.8 Å². The van der Waals surface area contributed by atoms with Gasteiger partial charge in [-0.2, -0.15) is 0 Å². The van der Waals surface area contributed by atoms with Crippen LogP contribution in [0.5, 0.6) is 0 Å². The Morgan fingerprint density at radius 1 is 1.00 bits per heavy atom. The molecule has 2 atom stereocenters. The predicted octanol–water partition coefficient (Wildman–Crippen LogP) is 6.54. The standard InChI is InChI=1S/C33H45Cl2N7O4S/c1-6-22(7-2)40-12-14-41(15-13-40)26-18-36-23(17-37-26)29-31(32(44)46-9-4)47-33(39-29)42-11-10-21(25(19-42)45-8-3)16-24(43)30-28(35)27(34)20(5)38-30/h17-18,21-22,25,38H,6-16,19H2,1-5H3/t21-,25-/m0/s1. The van der Waals surface area contributed by atoms with Crippen LogP contribution >= 0.6 is 34.5 Å². The molecule has 5 rings (SSSR count). The second kappa shape index (κ2) is 16.1. The smallest absolute Gasteiger partial charge is 0.350 e. The van der Waals surface area contributed by atoms with E-state index in [4.69, 9.17) is 47.6 Å². The molecular formula is C33H45Cl2N7O4S. The van der Waals surface area contributed by atoms with Gasteiger partial charge in [0.2, 0.25) is 0 Å². The lowest BCUT2D eigenvalue weighted by atomic mass is 9.88. The van der Waals surface area contributed by atoms with Crippen LogP contribution in [0, 0.1) is 12.8 Å². The molecule has 1 N–H and O–H groups in total. The molecule has 0 amide bonds. The number of ether oxygens (including phenoxy) is 2. The molecule has 2 saturated heterocycles. The van der Waals surface area contributed by atoms with Crippen LogP contribution in [-0.4, -0.2) is 101 Å².